The van der Waals surface area contributed by atoms with Crippen LogP contribution < -0.4 is 5.32 Å². The SMILES string of the molecule is O=C(NC(CCO)C1CC1)C(c1cccc(F)c1)N1CCOCC1. The van der Waals surface area contributed by atoms with Crippen molar-refractivity contribution in [2.75, 3.05) is 32.9 Å². The van der Waals surface area contributed by atoms with Crippen molar-refractivity contribution in [3.8, 4) is 0 Å². The Bertz CT molecular complexity index is 559. The number of hydrogen-bond donors (Lipinski definition) is 2. The van der Waals surface area contributed by atoms with Crippen molar-refractivity contribution >= 4 is 5.91 Å². The van der Waals surface area contributed by atoms with Crippen molar-refractivity contribution in [1.82, 2.24) is 10.2 Å². The highest BCUT2D eigenvalue weighted by Crippen LogP contribution is 2.34. The molecule has 2 aliphatic rings. The maximum Gasteiger partial charge on any atom is 0.242 e. The van der Waals surface area contributed by atoms with E-state index < -0.39 is 6.04 Å². The van der Waals surface area contributed by atoms with Crippen LogP contribution in [-0.2, 0) is 9.53 Å². The van der Waals surface area contributed by atoms with Crippen LogP contribution in [0.25, 0.3) is 0 Å². The summed E-state index contributed by atoms with van der Waals surface area (Å²) in [6, 6.07) is 5.72. The third-order valence-corrected chi connectivity index (χ3v) is 4.78. The molecule has 1 aromatic rings. The number of aliphatic hydroxyl groups excluding tert-OH is 1. The number of nitrogens with one attached hydrogen (secondary N) is 1. The predicted octanol–water partition coefficient (Wildman–Crippen LogP) is 1.48. The molecule has 5 nitrogen and oxygen atoms in total. The maximum absolute atomic E-state index is 13.7. The van der Waals surface area contributed by atoms with Gasteiger partial charge in [-0.2, -0.15) is 0 Å². The van der Waals surface area contributed by atoms with E-state index in [4.69, 9.17) is 4.74 Å². The zero-order valence-electron chi connectivity index (χ0n) is 13.8. The standard InChI is InChI=1S/C18H25FN2O3/c19-15-3-1-2-14(12-15)17(21-7-10-24-11-8-21)18(23)20-16(6-9-22)13-4-5-13/h1-3,12-13,16-17,22H,4-11H2,(H,20,23). The number of nitrogens with zero attached hydrogens (tertiary/aromatic N) is 1. The lowest BCUT2D eigenvalue weighted by Crippen LogP contribution is -2.48. The second-order valence-corrected chi connectivity index (χ2v) is 6.57. The summed E-state index contributed by atoms with van der Waals surface area (Å²) in [6.07, 6.45) is 2.75. The minimum absolute atomic E-state index is 0.000371. The number of carbonyl (C=O) groups is 1. The number of benzene rings is 1. The second kappa shape index (κ2) is 8.05. The number of amides is 1. The van der Waals surface area contributed by atoms with Gasteiger partial charge < -0.3 is 15.2 Å². The summed E-state index contributed by atoms with van der Waals surface area (Å²) in [7, 11) is 0. The fraction of sp³-hybridized carbons (Fsp3) is 0.611. The molecule has 0 spiro atoms. The maximum atomic E-state index is 13.7. The van der Waals surface area contributed by atoms with E-state index in [1.165, 1.54) is 12.1 Å². The number of halogens is 1. The van der Waals surface area contributed by atoms with Crippen molar-refractivity contribution in [2.45, 2.75) is 31.3 Å². The number of ether oxygens (including phenoxy) is 1. The molecule has 1 saturated carbocycles. The molecule has 1 amide bonds. The summed E-state index contributed by atoms with van der Waals surface area (Å²) in [4.78, 5) is 15.0. The third-order valence-electron chi connectivity index (χ3n) is 4.78. The summed E-state index contributed by atoms with van der Waals surface area (Å²) in [5.41, 5.74) is 0.660. The summed E-state index contributed by atoms with van der Waals surface area (Å²) >= 11 is 0. The molecule has 132 valence electrons. The molecule has 0 aromatic heterocycles. The first-order valence-corrected chi connectivity index (χ1v) is 8.67. The number of aliphatic hydroxyl groups is 1. The lowest BCUT2D eigenvalue weighted by atomic mass is 10.0. The first-order valence-electron chi connectivity index (χ1n) is 8.67. The average molecular weight is 336 g/mol. The molecule has 1 aliphatic carbocycles. The van der Waals surface area contributed by atoms with Crippen LogP contribution in [0.1, 0.15) is 30.9 Å². The Morgan fingerprint density at radius 1 is 1.38 bits per heavy atom. The number of rotatable bonds is 7. The first kappa shape index (κ1) is 17.3. The van der Waals surface area contributed by atoms with Crippen LogP contribution in [0.2, 0.25) is 0 Å². The van der Waals surface area contributed by atoms with E-state index in [0.717, 1.165) is 12.8 Å². The average Bonchev–Trinajstić information content (AvgIpc) is 3.41. The highest BCUT2D eigenvalue weighted by molar-refractivity contribution is 5.83. The Labute approximate surface area is 141 Å². The Morgan fingerprint density at radius 2 is 2.12 bits per heavy atom. The molecule has 2 fully saturated rings. The lowest BCUT2D eigenvalue weighted by molar-refractivity contribution is -0.129. The van der Waals surface area contributed by atoms with Gasteiger partial charge in [-0.15, -0.1) is 0 Å². The minimum atomic E-state index is -0.524. The van der Waals surface area contributed by atoms with Crippen molar-refractivity contribution in [3.05, 3.63) is 35.6 Å². The van der Waals surface area contributed by atoms with Crippen molar-refractivity contribution in [3.63, 3.8) is 0 Å². The van der Waals surface area contributed by atoms with E-state index in [1.54, 1.807) is 12.1 Å². The van der Waals surface area contributed by atoms with Crippen LogP contribution in [0.4, 0.5) is 4.39 Å². The minimum Gasteiger partial charge on any atom is -0.396 e. The second-order valence-electron chi connectivity index (χ2n) is 6.57. The van der Waals surface area contributed by atoms with Crippen molar-refractivity contribution in [1.29, 1.82) is 0 Å². The molecule has 1 aromatic carbocycles. The van der Waals surface area contributed by atoms with E-state index in [0.29, 0.717) is 44.2 Å². The molecule has 0 radical (unpaired) electrons. The van der Waals surface area contributed by atoms with E-state index in [-0.39, 0.29) is 24.4 Å². The topological polar surface area (TPSA) is 61.8 Å². The van der Waals surface area contributed by atoms with E-state index in [1.807, 2.05) is 4.90 Å². The largest absolute Gasteiger partial charge is 0.396 e. The molecule has 24 heavy (non-hydrogen) atoms. The normalized spacial score (nSPS) is 21.2. The molecular formula is C18H25FN2O3. The summed E-state index contributed by atoms with van der Waals surface area (Å²) in [5, 5.41) is 12.3. The molecule has 1 heterocycles. The molecule has 1 aliphatic heterocycles. The highest BCUT2D eigenvalue weighted by atomic mass is 19.1. The zero-order valence-corrected chi connectivity index (χ0v) is 13.8. The van der Waals surface area contributed by atoms with Gasteiger partial charge >= 0.3 is 0 Å². The number of morpholine rings is 1. The fourth-order valence-electron chi connectivity index (χ4n) is 3.37. The summed E-state index contributed by atoms with van der Waals surface area (Å²) in [5.74, 6) is -0.000501. The monoisotopic (exact) mass is 336 g/mol. The van der Waals surface area contributed by atoms with Crippen LogP contribution in [0, 0.1) is 11.7 Å². The third kappa shape index (κ3) is 4.32. The van der Waals surface area contributed by atoms with Crippen LogP contribution in [0.3, 0.4) is 0 Å². The molecule has 0 bridgehead atoms. The van der Waals surface area contributed by atoms with Gasteiger partial charge in [0.2, 0.25) is 5.91 Å². The first-order chi connectivity index (χ1) is 11.7. The highest BCUT2D eigenvalue weighted by Gasteiger charge is 2.35. The number of carbonyl (C=O) groups excluding carboxylic acids is 1. The summed E-state index contributed by atoms with van der Waals surface area (Å²) in [6.45, 7) is 2.48. The lowest BCUT2D eigenvalue weighted by Gasteiger charge is -2.34. The van der Waals surface area contributed by atoms with E-state index in [9.17, 15) is 14.3 Å². The smallest absolute Gasteiger partial charge is 0.242 e. The number of hydrogen-bond acceptors (Lipinski definition) is 4. The molecule has 3 rings (SSSR count). The van der Waals surface area contributed by atoms with Crippen molar-refractivity contribution < 1.29 is 19.0 Å². The van der Waals surface area contributed by atoms with E-state index in [2.05, 4.69) is 5.32 Å². The molecule has 2 unspecified atom stereocenters. The van der Waals surface area contributed by atoms with Crippen LogP contribution in [0.5, 0.6) is 0 Å². The van der Waals surface area contributed by atoms with Gasteiger partial charge in [0.25, 0.3) is 0 Å². The quantitative estimate of drug-likeness (QED) is 0.792. The predicted molar refractivity (Wildman–Crippen MR) is 87.9 cm³/mol. The molecule has 1 saturated heterocycles. The zero-order chi connectivity index (χ0) is 16.9. The van der Waals surface area contributed by atoms with Crippen molar-refractivity contribution in [2.24, 2.45) is 5.92 Å². The molecule has 2 atom stereocenters. The van der Waals surface area contributed by atoms with Gasteiger partial charge in [0.15, 0.2) is 0 Å². The molecule has 2 N–H and O–H groups in total. The van der Waals surface area contributed by atoms with Gasteiger partial charge in [-0.25, -0.2) is 4.39 Å². The van der Waals surface area contributed by atoms with Gasteiger partial charge in [-0.05, 0) is 42.9 Å². The van der Waals surface area contributed by atoms with Gasteiger partial charge in [0.05, 0.1) is 13.2 Å². The van der Waals surface area contributed by atoms with Gasteiger partial charge in [-0.1, -0.05) is 12.1 Å². The molecular weight excluding hydrogens is 311 g/mol. The summed E-state index contributed by atoms with van der Waals surface area (Å²) < 4.78 is 19.0. The van der Waals surface area contributed by atoms with Crippen LogP contribution in [-0.4, -0.2) is 54.9 Å². The fourth-order valence-corrected chi connectivity index (χ4v) is 3.37. The van der Waals surface area contributed by atoms with Crippen LogP contribution >= 0.6 is 0 Å². The van der Waals surface area contributed by atoms with Gasteiger partial charge in [0.1, 0.15) is 11.9 Å². The molecule has 6 heteroatoms. The Hall–Kier alpha value is -1.50. The van der Waals surface area contributed by atoms with Crippen LogP contribution in [0.15, 0.2) is 24.3 Å². The van der Waals surface area contributed by atoms with E-state index >= 15 is 0 Å². The van der Waals surface area contributed by atoms with Gasteiger partial charge in [0, 0.05) is 25.7 Å². The Kier molecular flexibility index (Phi) is 5.81. The Morgan fingerprint density at radius 3 is 2.75 bits per heavy atom. The van der Waals surface area contributed by atoms with Gasteiger partial charge in [-0.3, -0.25) is 9.69 Å². The Balaban J connectivity index is 1.78.